The number of hydrogen-bond donors (Lipinski definition) is 2. The van der Waals surface area contributed by atoms with Crippen molar-refractivity contribution >= 4 is 5.82 Å². The van der Waals surface area contributed by atoms with Crippen LogP contribution in [0.4, 0.5) is 5.82 Å². The highest BCUT2D eigenvalue weighted by Gasteiger charge is 2.30. The number of likely N-dealkylation sites (tertiary alicyclic amines) is 1. The molecular weight excluding hydrogens is 274 g/mol. The average Bonchev–Trinajstić information content (AvgIpc) is 2.94. The number of piperidine rings is 1. The van der Waals surface area contributed by atoms with Crippen molar-refractivity contribution in [1.82, 2.24) is 9.88 Å². The molecule has 1 saturated heterocycles. The topological polar surface area (TPSA) is 48.4 Å². The van der Waals surface area contributed by atoms with E-state index in [0.717, 1.165) is 38.2 Å². The van der Waals surface area contributed by atoms with Crippen LogP contribution in [-0.2, 0) is 0 Å². The predicted octanol–water partition coefficient (Wildman–Crippen LogP) is 3.00. The second kappa shape index (κ2) is 6.97. The Morgan fingerprint density at radius 1 is 1.32 bits per heavy atom. The van der Waals surface area contributed by atoms with Gasteiger partial charge in [0.15, 0.2) is 0 Å². The van der Waals surface area contributed by atoms with E-state index in [1.165, 1.54) is 37.9 Å². The van der Waals surface area contributed by atoms with Crippen LogP contribution in [0.2, 0.25) is 0 Å². The Hall–Kier alpha value is -1.13. The number of aliphatic hydroxyl groups is 1. The van der Waals surface area contributed by atoms with Crippen molar-refractivity contribution in [3.8, 4) is 0 Å². The van der Waals surface area contributed by atoms with Gasteiger partial charge in [-0.1, -0.05) is 18.9 Å². The normalized spacial score (nSPS) is 25.3. The lowest BCUT2D eigenvalue weighted by atomic mass is 9.94. The van der Waals surface area contributed by atoms with Crippen LogP contribution in [0, 0.1) is 0 Å². The monoisotopic (exact) mass is 303 g/mol. The van der Waals surface area contributed by atoms with Crippen molar-refractivity contribution in [1.29, 1.82) is 0 Å². The molecule has 22 heavy (non-hydrogen) atoms. The quantitative estimate of drug-likeness (QED) is 0.878. The molecule has 2 N–H and O–H groups in total. The van der Waals surface area contributed by atoms with Crippen LogP contribution in [0.25, 0.3) is 0 Å². The summed E-state index contributed by atoms with van der Waals surface area (Å²) >= 11 is 0. The zero-order valence-corrected chi connectivity index (χ0v) is 13.7. The molecule has 0 spiro atoms. The summed E-state index contributed by atoms with van der Waals surface area (Å²) in [5.41, 5.74) is 0.771. The maximum Gasteiger partial charge on any atom is 0.126 e. The van der Waals surface area contributed by atoms with Crippen LogP contribution in [0.1, 0.15) is 56.6 Å². The first kappa shape index (κ1) is 15.8. The lowest BCUT2D eigenvalue weighted by molar-refractivity contribution is 0.0424. The van der Waals surface area contributed by atoms with Crippen molar-refractivity contribution in [3.05, 3.63) is 23.9 Å². The van der Waals surface area contributed by atoms with Crippen LogP contribution < -0.4 is 5.32 Å². The van der Waals surface area contributed by atoms with Crippen molar-refractivity contribution in [3.63, 3.8) is 0 Å². The average molecular weight is 303 g/mol. The molecule has 3 rings (SSSR count). The molecule has 0 amide bonds. The molecule has 2 fully saturated rings. The van der Waals surface area contributed by atoms with E-state index in [0.29, 0.717) is 5.92 Å². The number of anilines is 1. The van der Waals surface area contributed by atoms with Crippen LogP contribution >= 0.6 is 0 Å². The van der Waals surface area contributed by atoms with E-state index < -0.39 is 5.60 Å². The van der Waals surface area contributed by atoms with E-state index >= 15 is 0 Å². The highest BCUT2D eigenvalue weighted by molar-refractivity contribution is 5.36. The number of nitrogens with zero attached hydrogens (tertiary/aromatic N) is 2. The van der Waals surface area contributed by atoms with Gasteiger partial charge in [-0.15, -0.1) is 0 Å². The Balaban J connectivity index is 1.54. The van der Waals surface area contributed by atoms with E-state index in [9.17, 15) is 5.11 Å². The van der Waals surface area contributed by atoms with Gasteiger partial charge < -0.3 is 15.3 Å². The number of pyridine rings is 1. The zero-order chi connectivity index (χ0) is 15.4. The van der Waals surface area contributed by atoms with Crippen LogP contribution in [0.15, 0.2) is 18.2 Å². The minimum absolute atomic E-state index is 0.434. The van der Waals surface area contributed by atoms with Crippen LogP contribution in [0.5, 0.6) is 0 Å². The number of likely N-dealkylation sites (N-methyl/N-ethyl adjacent to an activating group) is 1. The summed E-state index contributed by atoms with van der Waals surface area (Å²) in [5, 5.41) is 13.8. The highest BCUT2D eigenvalue weighted by atomic mass is 16.3. The Morgan fingerprint density at radius 3 is 2.91 bits per heavy atom. The van der Waals surface area contributed by atoms with Gasteiger partial charge in [0, 0.05) is 24.7 Å². The molecule has 1 unspecified atom stereocenters. The summed E-state index contributed by atoms with van der Waals surface area (Å²) in [6.07, 6.45) is 7.56. The summed E-state index contributed by atoms with van der Waals surface area (Å²) in [6, 6.07) is 6.29. The fourth-order valence-corrected chi connectivity index (χ4v) is 3.89. The summed E-state index contributed by atoms with van der Waals surface area (Å²) in [5.74, 6) is 1.51. The second-order valence-corrected chi connectivity index (χ2v) is 7.16. The molecule has 1 saturated carbocycles. The highest BCUT2D eigenvalue weighted by Crippen LogP contribution is 2.32. The largest absolute Gasteiger partial charge is 0.390 e. The first-order valence-corrected chi connectivity index (χ1v) is 8.76. The smallest absolute Gasteiger partial charge is 0.126 e. The van der Waals surface area contributed by atoms with Crippen molar-refractivity contribution < 1.29 is 5.11 Å². The van der Waals surface area contributed by atoms with Crippen molar-refractivity contribution in [2.75, 3.05) is 32.0 Å². The molecule has 0 aromatic carbocycles. The third kappa shape index (κ3) is 3.99. The molecule has 0 radical (unpaired) electrons. The molecule has 4 heteroatoms. The molecule has 1 atom stereocenters. The van der Waals surface area contributed by atoms with Gasteiger partial charge in [-0.05, 0) is 57.8 Å². The van der Waals surface area contributed by atoms with Crippen molar-refractivity contribution in [2.24, 2.45) is 0 Å². The van der Waals surface area contributed by atoms with Gasteiger partial charge in [-0.25, -0.2) is 4.98 Å². The van der Waals surface area contributed by atoms with Gasteiger partial charge >= 0.3 is 0 Å². The van der Waals surface area contributed by atoms with Crippen LogP contribution in [-0.4, -0.2) is 47.3 Å². The minimum Gasteiger partial charge on any atom is -0.390 e. The fourth-order valence-electron chi connectivity index (χ4n) is 3.89. The Bertz CT molecular complexity index is 485. The van der Waals surface area contributed by atoms with Gasteiger partial charge in [0.25, 0.3) is 0 Å². The zero-order valence-electron chi connectivity index (χ0n) is 13.7. The number of aromatic nitrogens is 1. The lowest BCUT2D eigenvalue weighted by Crippen LogP contribution is -2.31. The molecule has 1 aliphatic heterocycles. The van der Waals surface area contributed by atoms with E-state index in [2.05, 4.69) is 29.4 Å². The molecule has 0 bridgehead atoms. The van der Waals surface area contributed by atoms with Gasteiger partial charge in [-0.2, -0.15) is 0 Å². The maximum absolute atomic E-state index is 10.4. The Labute approximate surface area is 133 Å². The minimum atomic E-state index is -0.434. The Morgan fingerprint density at radius 2 is 2.14 bits per heavy atom. The SMILES string of the molecule is CN1CCCC(c2cccc(NCCC3(O)CCCC3)n2)C1. The van der Waals surface area contributed by atoms with E-state index in [-0.39, 0.29) is 0 Å². The second-order valence-electron chi connectivity index (χ2n) is 7.16. The molecule has 1 aromatic heterocycles. The third-order valence-electron chi connectivity index (χ3n) is 5.24. The standard InChI is InChI=1S/C18H29N3O/c1-21-13-5-6-15(14-21)16-7-4-8-17(20-16)19-12-11-18(22)9-2-3-10-18/h4,7-8,15,22H,2-3,5-6,9-14H2,1H3,(H,19,20). The summed E-state index contributed by atoms with van der Waals surface area (Å²) in [7, 11) is 2.19. The lowest BCUT2D eigenvalue weighted by Gasteiger charge is -2.29. The first-order valence-electron chi connectivity index (χ1n) is 8.76. The summed E-state index contributed by atoms with van der Waals surface area (Å²) < 4.78 is 0. The van der Waals surface area contributed by atoms with E-state index in [1.54, 1.807) is 0 Å². The molecule has 122 valence electrons. The number of nitrogens with one attached hydrogen (secondary N) is 1. The molecule has 2 aliphatic rings. The fraction of sp³-hybridized carbons (Fsp3) is 0.722. The number of rotatable bonds is 5. The first-order chi connectivity index (χ1) is 10.6. The Kier molecular flexibility index (Phi) is 4.99. The summed E-state index contributed by atoms with van der Waals surface area (Å²) in [6.45, 7) is 3.11. The van der Waals surface area contributed by atoms with Gasteiger partial charge in [0.1, 0.15) is 5.82 Å². The molecule has 4 nitrogen and oxygen atoms in total. The predicted molar refractivity (Wildman–Crippen MR) is 90.2 cm³/mol. The van der Waals surface area contributed by atoms with E-state index in [1.807, 2.05) is 6.07 Å². The molecule has 1 aliphatic carbocycles. The molecular formula is C18H29N3O. The molecule has 2 heterocycles. The van der Waals surface area contributed by atoms with Crippen LogP contribution in [0.3, 0.4) is 0 Å². The van der Waals surface area contributed by atoms with Gasteiger partial charge in [0.2, 0.25) is 0 Å². The summed E-state index contributed by atoms with van der Waals surface area (Å²) in [4.78, 5) is 7.19. The van der Waals surface area contributed by atoms with Gasteiger partial charge in [0.05, 0.1) is 5.60 Å². The maximum atomic E-state index is 10.4. The van der Waals surface area contributed by atoms with Gasteiger partial charge in [-0.3, -0.25) is 0 Å². The number of hydrogen-bond acceptors (Lipinski definition) is 4. The molecule has 1 aromatic rings. The van der Waals surface area contributed by atoms with E-state index in [4.69, 9.17) is 4.98 Å². The third-order valence-corrected chi connectivity index (χ3v) is 5.24. The van der Waals surface area contributed by atoms with Crippen molar-refractivity contribution in [2.45, 2.75) is 56.5 Å².